The van der Waals surface area contributed by atoms with Crippen molar-refractivity contribution in [3.8, 4) is 22.6 Å². The zero-order valence-corrected chi connectivity index (χ0v) is 28.7. The first kappa shape index (κ1) is 30.2. The summed E-state index contributed by atoms with van der Waals surface area (Å²) in [4.78, 5) is 17.5. The Labute approximate surface area is 303 Å². The molecular weight excluding hydrogens is 633 g/mol. The molecule has 0 saturated carbocycles. The van der Waals surface area contributed by atoms with Gasteiger partial charge in [-0.05, 0) is 76.7 Å². The van der Waals surface area contributed by atoms with E-state index in [1.807, 2.05) is 36.7 Å². The van der Waals surface area contributed by atoms with Gasteiger partial charge in [0.25, 0.3) is 0 Å². The number of nitrogens with zero attached hydrogens (tertiary/aromatic N) is 4. The van der Waals surface area contributed by atoms with Crippen LogP contribution < -0.4 is 4.90 Å². The molecule has 2 aliphatic heterocycles. The van der Waals surface area contributed by atoms with Gasteiger partial charge in [0.05, 0.1) is 33.9 Å². The highest BCUT2D eigenvalue weighted by Crippen LogP contribution is 2.64. The topological polar surface area (TPSA) is 41.9 Å². The summed E-state index contributed by atoms with van der Waals surface area (Å²) >= 11 is 0. The standard InChI is InChI=1S/C48H34N4/c1-47(34-16-5-2-6-17-34)38-22-15-23-39-45(38)52(46-40(47)28-29-43(51-46)42-25-12-14-31-50-42)44-32-33(41-24-11-13-30-49-41)26-27-37(44)48(39,35-18-7-3-8-19-35)36-20-9-4-10-21-36/h2-32H,1H3. The number of aromatic nitrogens is 3. The lowest BCUT2D eigenvalue weighted by molar-refractivity contribution is 0.655. The number of para-hydroxylation sites is 1. The van der Waals surface area contributed by atoms with Crippen LogP contribution in [0.25, 0.3) is 22.6 Å². The van der Waals surface area contributed by atoms with Gasteiger partial charge in [-0.25, -0.2) is 4.98 Å². The van der Waals surface area contributed by atoms with Gasteiger partial charge in [0.2, 0.25) is 0 Å². The Morgan fingerprint density at radius 1 is 0.442 bits per heavy atom. The fourth-order valence-corrected chi connectivity index (χ4v) is 8.76. The maximum absolute atomic E-state index is 5.57. The highest BCUT2D eigenvalue weighted by Gasteiger charge is 2.52. The average molecular weight is 667 g/mol. The molecule has 5 aromatic carbocycles. The highest BCUT2D eigenvalue weighted by atomic mass is 15.2. The molecule has 0 N–H and O–H groups in total. The van der Waals surface area contributed by atoms with Crippen LogP contribution in [-0.2, 0) is 10.8 Å². The molecule has 0 amide bonds. The fraction of sp³-hybridized carbons (Fsp3) is 0.0625. The summed E-state index contributed by atoms with van der Waals surface area (Å²) in [7, 11) is 0. The third-order valence-corrected chi connectivity index (χ3v) is 11.1. The maximum atomic E-state index is 5.57. The van der Waals surface area contributed by atoms with Crippen molar-refractivity contribution in [1.29, 1.82) is 0 Å². The summed E-state index contributed by atoms with van der Waals surface area (Å²) in [6.07, 6.45) is 3.70. The lowest BCUT2D eigenvalue weighted by Gasteiger charge is -2.52. The zero-order valence-electron chi connectivity index (χ0n) is 28.7. The normalized spacial score (nSPS) is 16.4. The largest absolute Gasteiger partial charge is 0.294 e. The molecule has 52 heavy (non-hydrogen) atoms. The summed E-state index contributed by atoms with van der Waals surface area (Å²) in [5.41, 5.74) is 13.2. The van der Waals surface area contributed by atoms with Crippen LogP contribution in [0.1, 0.15) is 45.9 Å². The van der Waals surface area contributed by atoms with Gasteiger partial charge < -0.3 is 0 Å². The number of rotatable bonds is 5. The van der Waals surface area contributed by atoms with E-state index in [9.17, 15) is 0 Å². The highest BCUT2D eigenvalue weighted by molar-refractivity contribution is 5.96. The molecule has 246 valence electrons. The Morgan fingerprint density at radius 3 is 1.65 bits per heavy atom. The van der Waals surface area contributed by atoms with E-state index in [2.05, 4.69) is 163 Å². The van der Waals surface area contributed by atoms with Gasteiger partial charge in [0, 0.05) is 28.9 Å². The van der Waals surface area contributed by atoms with Gasteiger partial charge in [0.1, 0.15) is 5.82 Å². The summed E-state index contributed by atoms with van der Waals surface area (Å²) in [5.74, 6) is 0.906. The van der Waals surface area contributed by atoms with Crippen molar-refractivity contribution in [2.45, 2.75) is 17.8 Å². The molecule has 4 heteroatoms. The zero-order chi connectivity index (χ0) is 34.7. The van der Waals surface area contributed by atoms with E-state index < -0.39 is 10.8 Å². The molecule has 0 radical (unpaired) electrons. The Morgan fingerprint density at radius 2 is 1.02 bits per heavy atom. The summed E-state index contributed by atoms with van der Waals surface area (Å²) in [6.45, 7) is 2.36. The van der Waals surface area contributed by atoms with Gasteiger partial charge >= 0.3 is 0 Å². The molecule has 0 aliphatic carbocycles. The number of anilines is 3. The molecule has 2 aliphatic rings. The van der Waals surface area contributed by atoms with Crippen molar-refractivity contribution in [2.24, 2.45) is 0 Å². The van der Waals surface area contributed by atoms with Crippen LogP contribution in [0.4, 0.5) is 17.2 Å². The van der Waals surface area contributed by atoms with E-state index in [1.165, 1.54) is 33.4 Å². The van der Waals surface area contributed by atoms with Crippen LogP contribution >= 0.6 is 0 Å². The Balaban J connectivity index is 1.39. The van der Waals surface area contributed by atoms with Crippen LogP contribution in [0.5, 0.6) is 0 Å². The minimum atomic E-state index is -0.629. The van der Waals surface area contributed by atoms with Crippen molar-refractivity contribution in [3.05, 3.63) is 227 Å². The summed E-state index contributed by atoms with van der Waals surface area (Å²) in [6, 6.07) is 63.2. The molecule has 3 aromatic heterocycles. The number of benzene rings is 5. The molecule has 1 atom stereocenters. The second-order valence-electron chi connectivity index (χ2n) is 13.7. The first-order valence-corrected chi connectivity index (χ1v) is 17.8. The Kier molecular flexibility index (Phi) is 6.80. The predicted octanol–water partition coefficient (Wildman–Crippen LogP) is 11.0. The van der Waals surface area contributed by atoms with E-state index in [4.69, 9.17) is 15.0 Å². The molecule has 10 rings (SSSR count). The third-order valence-electron chi connectivity index (χ3n) is 11.1. The Hall–Kier alpha value is -6.65. The number of pyridine rings is 3. The van der Waals surface area contributed by atoms with Gasteiger partial charge in [-0.1, -0.05) is 140 Å². The van der Waals surface area contributed by atoms with Crippen molar-refractivity contribution in [1.82, 2.24) is 15.0 Å². The number of hydrogen-bond donors (Lipinski definition) is 0. The minimum absolute atomic E-state index is 0.511. The first-order valence-electron chi connectivity index (χ1n) is 17.8. The smallest absolute Gasteiger partial charge is 0.142 e. The van der Waals surface area contributed by atoms with Gasteiger partial charge in [-0.2, -0.15) is 0 Å². The van der Waals surface area contributed by atoms with Crippen LogP contribution in [-0.4, -0.2) is 15.0 Å². The lowest BCUT2D eigenvalue weighted by Crippen LogP contribution is -2.43. The molecule has 0 bridgehead atoms. The second-order valence-corrected chi connectivity index (χ2v) is 13.7. The van der Waals surface area contributed by atoms with E-state index in [1.54, 1.807) is 0 Å². The second kappa shape index (κ2) is 11.7. The SMILES string of the molecule is CC1(c2ccccc2)c2ccc(-c3ccccn3)nc2N2c3cc(-c4ccccn4)ccc3C(c3ccccc3)(c3ccccc3)c3cccc1c32. The fourth-order valence-electron chi connectivity index (χ4n) is 8.76. The minimum Gasteiger partial charge on any atom is -0.294 e. The van der Waals surface area contributed by atoms with Crippen molar-refractivity contribution < 1.29 is 0 Å². The molecule has 4 nitrogen and oxygen atoms in total. The van der Waals surface area contributed by atoms with Gasteiger partial charge in [-0.15, -0.1) is 0 Å². The predicted molar refractivity (Wildman–Crippen MR) is 209 cm³/mol. The van der Waals surface area contributed by atoms with Crippen LogP contribution in [0.3, 0.4) is 0 Å². The monoisotopic (exact) mass is 666 g/mol. The van der Waals surface area contributed by atoms with Crippen LogP contribution in [0.15, 0.2) is 188 Å². The summed E-state index contributed by atoms with van der Waals surface area (Å²) in [5, 5.41) is 0. The van der Waals surface area contributed by atoms with Crippen molar-refractivity contribution >= 4 is 17.2 Å². The van der Waals surface area contributed by atoms with Crippen molar-refractivity contribution in [2.75, 3.05) is 4.90 Å². The molecule has 0 saturated heterocycles. The van der Waals surface area contributed by atoms with Gasteiger partial charge in [0.15, 0.2) is 0 Å². The average Bonchev–Trinajstić information content (AvgIpc) is 3.23. The molecule has 5 heterocycles. The molecule has 1 unspecified atom stereocenters. The van der Waals surface area contributed by atoms with Gasteiger partial charge in [-0.3, -0.25) is 14.9 Å². The van der Waals surface area contributed by atoms with E-state index >= 15 is 0 Å². The third kappa shape index (κ3) is 4.24. The van der Waals surface area contributed by atoms with E-state index in [-0.39, 0.29) is 0 Å². The molecule has 0 fully saturated rings. The summed E-state index contributed by atoms with van der Waals surface area (Å²) < 4.78 is 0. The Bertz CT molecular complexity index is 2530. The molecule has 8 aromatic rings. The first-order chi connectivity index (χ1) is 25.7. The maximum Gasteiger partial charge on any atom is 0.142 e. The van der Waals surface area contributed by atoms with E-state index in [0.717, 1.165) is 45.4 Å². The number of hydrogen-bond acceptors (Lipinski definition) is 4. The van der Waals surface area contributed by atoms with Crippen molar-refractivity contribution in [3.63, 3.8) is 0 Å². The number of fused-ring (bicyclic) bond motifs is 4. The quantitative estimate of drug-likeness (QED) is 0.183. The molecular formula is C48H34N4. The van der Waals surface area contributed by atoms with Crippen LogP contribution in [0, 0.1) is 0 Å². The molecule has 0 spiro atoms. The lowest BCUT2D eigenvalue weighted by atomic mass is 9.59. The van der Waals surface area contributed by atoms with E-state index in [0.29, 0.717) is 0 Å². The van der Waals surface area contributed by atoms with Crippen LogP contribution in [0.2, 0.25) is 0 Å².